The van der Waals surface area contributed by atoms with Crippen LogP contribution in [0.5, 0.6) is 0 Å². The Bertz CT molecular complexity index is 722. The van der Waals surface area contributed by atoms with Crippen molar-refractivity contribution in [1.82, 2.24) is 15.2 Å². The van der Waals surface area contributed by atoms with Crippen molar-refractivity contribution in [2.75, 3.05) is 5.32 Å². The summed E-state index contributed by atoms with van der Waals surface area (Å²) in [4.78, 5) is 14.9. The molecule has 0 saturated carbocycles. The van der Waals surface area contributed by atoms with E-state index in [1.807, 2.05) is 36.4 Å². The van der Waals surface area contributed by atoms with Crippen LogP contribution in [0.3, 0.4) is 0 Å². The summed E-state index contributed by atoms with van der Waals surface area (Å²) in [6, 6.07) is 13.4. The number of carbonyl (C=O) groups is 1. The summed E-state index contributed by atoms with van der Waals surface area (Å²) in [6.45, 7) is 0. The zero-order valence-electron chi connectivity index (χ0n) is 10.6. The molecule has 5 heteroatoms. The number of aromatic nitrogens is 3. The smallest absolute Gasteiger partial charge is 0.152 e. The monoisotopic (exact) mass is 264 g/mol. The standard InChI is InChI=1S/C15H12N4O/c20-10-12-6-7-16-9-14(12)17-15-8-13(18-19-15)11-4-2-1-3-5-11/h1-10H,(H2,17,18,19). The van der Waals surface area contributed by atoms with Crippen LogP contribution in [-0.4, -0.2) is 21.5 Å². The Morgan fingerprint density at radius 2 is 2.00 bits per heavy atom. The van der Waals surface area contributed by atoms with E-state index in [-0.39, 0.29) is 0 Å². The van der Waals surface area contributed by atoms with Gasteiger partial charge in [-0.1, -0.05) is 30.3 Å². The summed E-state index contributed by atoms with van der Waals surface area (Å²) in [5.41, 5.74) is 3.14. The molecule has 0 atom stereocenters. The number of hydrogen-bond donors (Lipinski definition) is 2. The van der Waals surface area contributed by atoms with E-state index in [9.17, 15) is 4.79 Å². The number of H-pyrrole nitrogens is 1. The van der Waals surface area contributed by atoms with E-state index in [4.69, 9.17) is 0 Å². The fourth-order valence-corrected chi connectivity index (χ4v) is 1.90. The number of hydrogen-bond acceptors (Lipinski definition) is 4. The van der Waals surface area contributed by atoms with Crippen molar-refractivity contribution in [2.24, 2.45) is 0 Å². The van der Waals surface area contributed by atoms with Crippen molar-refractivity contribution < 1.29 is 4.79 Å². The van der Waals surface area contributed by atoms with Gasteiger partial charge in [0, 0.05) is 17.8 Å². The van der Waals surface area contributed by atoms with Gasteiger partial charge in [-0.3, -0.25) is 14.9 Å². The molecular formula is C15H12N4O. The molecular weight excluding hydrogens is 252 g/mol. The Balaban J connectivity index is 1.86. The highest BCUT2D eigenvalue weighted by molar-refractivity contribution is 5.85. The maximum Gasteiger partial charge on any atom is 0.152 e. The van der Waals surface area contributed by atoms with Crippen LogP contribution in [0, 0.1) is 0 Å². The number of nitrogens with zero attached hydrogens (tertiary/aromatic N) is 2. The van der Waals surface area contributed by atoms with Gasteiger partial charge in [-0.15, -0.1) is 0 Å². The minimum atomic E-state index is 0.546. The number of nitrogens with one attached hydrogen (secondary N) is 2. The largest absolute Gasteiger partial charge is 0.337 e. The van der Waals surface area contributed by atoms with E-state index >= 15 is 0 Å². The number of pyridine rings is 1. The number of rotatable bonds is 4. The third-order valence-electron chi connectivity index (χ3n) is 2.91. The Labute approximate surface area is 115 Å². The molecule has 3 rings (SSSR count). The zero-order valence-corrected chi connectivity index (χ0v) is 10.6. The zero-order chi connectivity index (χ0) is 13.8. The summed E-state index contributed by atoms with van der Waals surface area (Å²) >= 11 is 0. The molecule has 0 bridgehead atoms. The molecule has 2 N–H and O–H groups in total. The third kappa shape index (κ3) is 2.42. The Hall–Kier alpha value is -2.95. The molecule has 3 aromatic rings. The van der Waals surface area contributed by atoms with Gasteiger partial charge < -0.3 is 5.32 Å². The van der Waals surface area contributed by atoms with Gasteiger partial charge in [-0.2, -0.15) is 5.10 Å². The van der Waals surface area contributed by atoms with Crippen molar-refractivity contribution in [3.8, 4) is 11.3 Å². The van der Waals surface area contributed by atoms with Gasteiger partial charge in [-0.05, 0) is 11.6 Å². The summed E-state index contributed by atoms with van der Waals surface area (Å²) in [7, 11) is 0. The van der Waals surface area contributed by atoms with Crippen LogP contribution in [0.2, 0.25) is 0 Å². The highest BCUT2D eigenvalue weighted by Gasteiger charge is 2.06. The Morgan fingerprint density at radius 3 is 2.80 bits per heavy atom. The molecule has 0 unspecified atom stereocenters. The minimum absolute atomic E-state index is 0.546. The highest BCUT2D eigenvalue weighted by Crippen LogP contribution is 2.22. The van der Waals surface area contributed by atoms with Gasteiger partial charge in [0.15, 0.2) is 12.1 Å². The molecule has 0 amide bonds. The van der Waals surface area contributed by atoms with Crippen LogP contribution in [0.4, 0.5) is 11.5 Å². The molecule has 98 valence electrons. The molecule has 0 saturated heterocycles. The second-order valence-corrected chi connectivity index (χ2v) is 4.24. The van der Waals surface area contributed by atoms with Gasteiger partial charge in [-0.25, -0.2) is 0 Å². The lowest BCUT2D eigenvalue weighted by atomic mass is 10.1. The SMILES string of the molecule is O=Cc1ccncc1Nc1cc(-c2ccccc2)[nH]n1. The molecule has 0 spiro atoms. The lowest BCUT2D eigenvalue weighted by Gasteiger charge is -2.03. The lowest BCUT2D eigenvalue weighted by Crippen LogP contribution is -1.96. The normalized spacial score (nSPS) is 10.2. The third-order valence-corrected chi connectivity index (χ3v) is 2.91. The second-order valence-electron chi connectivity index (χ2n) is 4.24. The maximum absolute atomic E-state index is 10.9. The number of carbonyl (C=O) groups excluding carboxylic acids is 1. The van der Waals surface area contributed by atoms with E-state index in [0.717, 1.165) is 17.5 Å². The van der Waals surface area contributed by atoms with Crippen LogP contribution in [0.1, 0.15) is 10.4 Å². The summed E-state index contributed by atoms with van der Waals surface area (Å²) in [6.07, 6.45) is 3.96. The van der Waals surface area contributed by atoms with Crippen LogP contribution in [0.25, 0.3) is 11.3 Å². The maximum atomic E-state index is 10.9. The first-order valence-corrected chi connectivity index (χ1v) is 6.14. The van der Waals surface area contributed by atoms with E-state index in [1.54, 1.807) is 18.5 Å². The molecule has 0 aliphatic heterocycles. The van der Waals surface area contributed by atoms with Gasteiger partial charge in [0.05, 0.1) is 17.6 Å². The summed E-state index contributed by atoms with van der Waals surface area (Å²) in [5.74, 6) is 0.639. The molecule has 2 aromatic heterocycles. The van der Waals surface area contributed by atoms with Crippen molar-refractivity contribution in [2.45, 2.75) is 0 Å². The molecule has 2 heterocycles. The van der Waals surface area contributed by atoms with Crippen LogP contribution < -0.4 is 5.32 Å². The van der Waals surface area contributed by atoms with Crippen molar-refractivity contribution in [1.29, 1.82) is 0 Å². The van der Waals surface area contributed by atoms with Gasteiger partial charge >= 0.3 is 0 Å². The van der Waals surface area contributed by atoms with Gasteiger partial charge in [0.25, 0.3) is 0 Å². The highest BCUT2D eigenvalue weighted by atomic mass is 16.1. The Morgan fingerprint density at radius 1 is 1.15 bits per heavy atom. The molecule has 0 aliphatic rings. The molecule has 0 radical (unpaired) electrons. The first-order valence-electron chi connectivity index (χ1n) is 6.14. The predicted molar refractivity (Wildman–Crippen MR) is 76.9 cm³/mol. The quantitative estimate of drug-likeness (QED) is 0.710. The van der Waals surface area contributed by atoms with Crippen molar-refractivity contribution >= 4 is 17.8 Å². The summed E-state index contributed by atoms with van der Waals surface area (Å²) in [5, 5.41) is 10.2. The van der Waals surface area contributed by atoms with E-state index in [2.05, 4.69) is 20.5 Å². The fraction of sp³-hybridized carbons (Fsp3) is 0. The fourth-order valence-electron chi connectivity index (χ4n) is 1.90. The lowest BCUT2D eigenvalue weighted by molar-refractivity contribution is 0.112. The van der Waals surface area contributed by atoms with Crippen LogP contribution >= 0.6 is 0 Å². The molecule has 20 heavy (non-hydrogen) atoms. The summed E-state index contributed by atoms with van der Waals surface area (Å²) < 4.78 is 0. The average molecular weight is 264 g/mol. The van der Waals surface area contributed by atoms with E-state index in [1.165, 1.54) is 0 Å². The molecule has 1 aromatic carbocycles. The van der Waals surface area contributed by atoms with Crippen LogP contribution in [-0.2, 0) is 0 Å². The first-order chi connectivity index (χ1) is 9.86. The second kappa shape index (κ2) is 5.36. The van der Waals surface area contributed by atoms with E-state index in [0.29, 0.717) is 17.1 Å². The molecule has 0 fully saturated rings. The van der Waals surface area contributed by atoms with Crippen molar-refractivity contribution in [3.05, 3.63) is 60.4 Å². The average Bonchev–Trinajstić information content (AvgIpc) is 2.97. The number of aldehydes is 1. The van der Waals surface area contributed by atoms with Gasteiger partial charge in [0.1, 0.15) is 0 Å². The van der Waals surface area contributed by atoms with Crippen LogP contribution in [0.15, 0.2) is 54.9 Å². The minimum Gasteiger partial charge on any atom is -0.337 e. The van der Waals surface area contributed by atoms with Gasteiger partial charge in [0.2, 0.25) is 0 Å². The predicted octanol–water partition coefficient (Wildman–Crippen LogP) is 3.03. The van der Waals surface area contributed by atoms with E-state index < -0.39 is 0 Å². The Kier molecular flexibility index (Phi) is 3.24. The molecule has 0 aliphatic carbocycles. The number of anilines is 2. The number of aromatic amines is 1. The topological polar surface area (TPSA) is 70.7 Å². The van der Waals surface area contributed by atoms with Crippen molar-refractivity contribution in [3.63, 3.8) is 0 Å². The number of benzene rings is 1. The molecule has 5 nitrogen and oxygen atoms in total. The first kappa shape index (κ1) is 12.1.